The summed E-state index contributed by atoms with van der Waals surface area (Å²) in [6, 6.07) is 7.58. The van der Waals surface area contributed by atoms with Gasteiger partial charge in [-0.2, -0.15) is 0 Å². The van der Waals surface area contributed by atoms with Crippen LogP contribution >= 0.6 is 0 Å². The summed E-state index contributed by atoms with van der Waals surface area (Å²) in [7, 11) is 0. The molecule has 0 spiro atoms. The number of ether oxygens (including phenoxy) is 1. The average molecular weight is 257 g/mol. The van der Waals surface area contributed by atoms with Crippen LogP contribution in [0.3, 0.4) is 0 Å². The van der Waals surface area contributed by atoms with E-state index in [4.69, 9.17) is 4.74 Å². The number of aromatic nitrogens is 2. The molecule has 1 aromatic carbocycles. The van der Waals surface area contributed by atoms with E-state index in [-0.39, 0.29) is 17.8 Å². The van der Waals surface area contributed by atoms with E-state index in [0.717, 1.165) is 11.3 Å². The Morgan fingerprint density at radius 3 is 3.05 bits per heavy atom. The highest BCUT2D eigenvalue weighted by Crippen LogP contribution is 2.37. The van der Waals surface area contributed by atoms with E-state index in [1.54, 1.807) is 4.57 Å². The predicted octanol–water partition coefficient (Wildman–Crippen LogP) is 1.01. The van der Waals surface area contributed by atoms with Crippen LogP contribution in [-0.4, -0.2) is 21.6 Å². The van der Waals surface area contributed by atoms with Crippen LogP contribution in [-0.2, 0) is 0 Å². The zero-order valence-electron chi connectivity index (χ0n) is 10.4. The Morgan fingerprint density at radius 2 is 2.26 bits per heavy atom. The highest BCUT2D eigenvalue weighted by atomic mass is 16.5. The number of hydrogen-bond donors (Lipinski definition) is 0. The Hall–Kier alpha value is -2.30. The first-order valence-corrected chi connectivity index (χ1v) is 6.15. The zero-order valence-corrected chi connectivity index (χ0v) is 10.4. The van der Waals surface area contributed by atoms with E-state index >= 15 is 0 Å². The van der Waals surface area contributed by atoms with Gasteiger partial charge in [-0.15, -0.1) is 0 Å². The first-order valence-electron chi connectivity index (χ1n) is 6.15. The lowest BCUT2D eigenvalue weighted by atomic mass is 9.96. The van der Waals surface area contributed by atoms with Crippen molar-refractivity contribution in [1.29, 1.82) is 0 Å². The van der Waals surface area contributed by atoms with Crippen LogP contribution in [0.25, 0.3) is 0 Å². The number of carboxylic acid groups (broad SMARTS) is 1. The summed E-state index contributed by atoms with van der Waals surface area (Å²) >= 11 is 0. The van der Waals surface area contributed by atoms with Crippen molar-refractivity contribution in [2.45, 2.75) is 25.5 Å². The molecule has 0 bridgehead atoms. The quantitative estimate of drug-likeness (QED) is 0.805. The molecule has 2 unspecified atom stereocenters. The number of benzene rings is 1. The fourth-order valence-corrected chi connectivity index (χ4v) is 2.54. The molecule has 0 saturated heterocycles. The summed E-state index contributed by atoms with van der Waals surface area (Å²) in [5.74, 6) is -0.418. The fourth-order valence-electron chi connectivity index (χ4n) is 2.54. The van der Waals surface area contributed by atoms with Crippen LogP contribution in [0.5, 0.6) is 5.75 Å². The van der Waals surface area contributed by atoms with E-state index in [9.17, 15) is 9.90 Å². The Balaban J connectivity index is 2.10. The van der Waals surface area contributed by atoms with Crippen molar-refractivity contribution in [3.63, 3.8) is 0 Å². The first kappa shape index (κ1) is 11.8. The third kappa shape index (κ3) is 1.97. The molecule has 0 radical (unpaired) electrons. The third-order valence-corrected chi connectivity index (χ3v) is 3.37. The van der Waals surface area contributed by atoms with Crippen molar-refractivity contribution < 1.29 is 14.6 Å². The second-order valence-electron chi connectivity index (χ2n) is 4.69. The van der Waals surface area contributed by atoms with Gasteiger partial charge in [-0.25, -0.2) is 4.98 Å². The van der Waals surface area contributed by atoms with E-state index in [1.807, 2.05) is 31.2 Å². The number of carbonyl (C=O) groups excluding carboxylic acids is 1. The number of carboxylic acids is 1. The molecule has 0 N–H and O–H groups in total. The Kier molecular flexibility index (Phi) is 2.74. The maximum absolute atomic E-state index is 11.1. The van der Waals surface area contributed by atoms with Crippen molar-refractivity contribution in [2.24, 2.45) is 0 Å². The molecule has 0 amide bonds. The highest BCUT2D eigenvalue weighted by Gasteiger charge is 2.28. The van der Waals surface area contributed by atoms with Gasteiger partial charge in [0.1, 0.15) is 5.75 Å². The number of imidazole rings is 1. The number of nitrogens with zero attached hydrogens (tertiary/aromatic N) is 2. The normalized spacial score (nSPS) is 21.5. The van der Waals surface area contributed by atoms with Crippen LogP contribution in [0.2, 0.25) is 0 Å². The number of fused-ring (bicyclic) bond motifs is 1. The lowest BCUT2D eigenvalue weighted by Gasteiger charge is -2.32. The summed E-state index contributed by atoms with van der Waals surface area (Å²) in [5, 5.41) is 11.1. The van der Waals surface area contributed by atoms with Gasteiger partial charge in [0, 0.05) is 12.0 Å². The molecule has 0 fully saturated rings. The number of aromatic carboxylic acids is 1. The third-order valence-electron chi connectivity index (χ3n) is 3.37. The van der Waals surface area contributed by atoms with Crippen molar-refractivity contribution in [1.82, 2.24) is 9.55 Å². The minimum Gasteiger partial charge on any atom is -0.543 e. The molecular formula is C14H13N2O3-. The summed E-state index contributed by atoms with van der Waals surface area (Å²) in [4.78, 5) is 15.0. The van der Waals surface area contributed by atoms with E-state index in [0.29, 0.717) is 6.42 Å². The number of hydrogen-bond acceptors (Lipinski definition) is 4. The standard InChI is InChI=1S/C14H14N2O3/c1-9-6-11(10-4-2-3-5-13(10)19-9)16-8-15-7-12(16)14(17)18/h2-5,7-9,11H,6H2,1H3,(H,17,18)/p-1. The fraction of sp³-hybridized carbons (Fsp3) is 0.286. The van der Waals surface area contributed by atoms with Gasteiger partial charge in [0.15, 0.2) is 0 Å². The Labute approximate surface area is 110 Å². The molecule has 2 atom stereocenters. The molecule has 98 valence electrons. The van der Waals surface area contributed by atoms with Gasteiger partial charge in [0.05, 0.1) is 36.3 Å². The first-order chi connectivity index (χ1) is 9.16. The van der Waals surface area contributed by atoms with Gasteiger partial charge < -0.3 is 19.2 Å². The SMILES string of the molecule is CC1CC(n2cncc2C(=O)[O-])c2ccccc2O1. The van der Waals surface area contributed by atoms with Crippen LogP contribution in [0, 0.1) is 0 Å². The van der Waals surface area contributed by atoms with Crippen molar-refractivity contribution >= 4 is 5.97 Å². The summed E-state index contributed by atoms with van der Waals surface area (Å²) in [6.07, 6.45) is 3.58. The Morgan fingerprint density at radius 1 is 1.47 bits per heavy atom. The molecule has 19 heavy (non-hydrogen) atoms. The van der Waals surface area contributed by atoms with Gasteiger partial charge >= 0.3 is 0 Å². The second kappa shape index (κ2) is 4.42. The molecule has 0 saturated carbocycles. The molecule has 1 aliphatic rings. The monoisotopic (exact) mass is 257 g/mol. The summed E-state index contributed by atoms with van der Waals surface area (Å²) < 4.78 is 7.41. The van der Waals surface area contributed by atoms with E-state index in [1.165, 1.54) is 12.5 Å². The molecule has 1 aliphatic heterocycles. The lowest BCUT2D eigenvalue weighted by Crippen LogP contribution is -2.31. The van der Waals surface area contributed by atoms with Crippen molar-refractivity contribution in [2.75, 3.05) is 0 Å². The maximum atomic E-state index is 11.1. The minimum atomic E-state index is -1.21. The van der Waals surface area contributed by atoms with Crippen molar-refractivity contribution in [3.05, 3.63) is 48.0 Å². The van der Waals surface area contributed by atoms with Crippen LogP contribution in [0.15, 0.2) is 36.8 Å². The molecule has 0 aliphatic carbocycles. The highest BCUT2D eigenvalue weighted by molar-refractivity contribution is 5.83. The summed E-state index contributed by atoms with van der Waals surface area (Å²) in [5.41, 5.74) is 1.06. The van der Waals surface area contributed by atoms with Gasteiger partial charge in [0.25, 0.3) is 0 Å². The van der Waals surface area contributed by atoms with Crippen molar-refractivity contribution in [3.8, 4) is 5.75 Å². The van der Waals surface area contributed by atoms with Gasteiger partial charge in [-0.3, -0.25) is 0 Å². The molecule has 5 nitrogen and oxygen atoms in total. The molecule has 5 heteroatoms. The number of rotatable bonds is 2. The average Bonchev–Trinajstić information content (AvgIpc) is 2.86. The van der Waals surface area contributed by atoms with Gasteiger partial charge in [0.2, 0.25) is 0 Å². The Bertz CT molecular complexity index is 621. The van der Waals surface area contributed by atoms with E-state index in [2.05, 4.69) is 4.98 Å². The molecule has 2 heterocycles. The van der Waals surface area contributed by atoms with E-state index < -0.39 is 5.97 Å². The predicted molar refractivity (Wildman–Crippen MR) is 65.8 cm³/mol. The lowest BCUT2D eigenvalue weighted by molar-refractivity contribution is -0.255. The number of carbonyl (C=O) groups is 1. The molecule has 3 rings (SSSR count). The van der Waals surface area contributed by atoms with Crippen LogP contribution in [0.4, 0.5) is 0 Å². The largest absolute Gasteiger partial charge is 0.543 e. The topological polar surface area (TPSA) is 67.2 Å². The van der Waals surface area contributed by atoms with Gasteiger partial charge in [-0.1, -0.05) is 18.2 Å². The molecular weight excluding hydrogens is 244 g/mol. The van der Waals surface area contributed by atoms with Crippen LogP contribution < -0.4 is 9.84 Å². The smallest absolute Gasteiger partial charge is 0.124 e. The van der Waals surface area contributed by atoms with Gasteiger partial charge in [-0.05, 0) is 13.0 Å². The molecule has 1 aromatic heterocycles. The minimum absolute atomic E-state index is 0.0249. The second-order valence-corrected chi connectivity index (χ2v) is 4.69. The van der Waals surface area contributed by atoms with Crippen LogP contribution in [0.1, 0.15) is 35.4 Å². The summed E-state index contributed by atoms with van der Waals surface area (Å²) in [6.45, 7) is 1.97. The molecule has 2 aromatic rings. The zero-order chi connectivity index (χ0) is 13.4. The maximum Gasteiger partial charge on any atom is 0.124 e. The number of para-hydroxylation sites is 1.